The number of halogens is 1. The molecule has 3 saturated heterocycles. The number of fused-ring (bicyclic) bond motifs is 1. The number of aliphatic imine (C=N–C) groups is 1. The molecule has 3 heterocycles. The Bertz CT molecular complexity index is 365. The molecule has 3 atom stereocenters. The minimum Gasteiger partial charge on any atom is -0.373 e. The van der Waals surface area contributed by atoms with E-state index in [0.717, 1.165) is 37.5 Å². The maximum atomic E-state index is 5.97. The van der Waals surface area contributed by atoms with Gasteiger partial charge in [-0.05, 0) is 38.0 Å². The smallest absolute Gasteiger partial charge is 0.191 e. The van der Waals surface area contributed by atoms with E-state index < -0.39 is 0 Å². The van der Waals surface area contributed by atoms with E-state index in [1.165, 1.54) is 38.0 Å². The molecular weight excluding hydrogens is 411 g/mol. The molecule has 22 heavy (non-hydrogen) atoms. The molecule has 0 aromatic heterocycles. The van der Waals surface area contributed by atoms with Crippen LogP contribution in [-0.2, 0) is 4.74 Å². The van der Waals surface area contributed by atoms with Crippen LogP contribution in [0, 0.1) is 0 Å². The molecule has 0 aliphatic carbocycles. The lowest BCUT2D eigenvalue weighted by atomic mass is 10.2. The van der Waals surface area contributed by atoms with Crippen molar-refractivity contribution in [2.45, 2.75) is 43.1 Å². The van der Waals surface area contributed by atoms with Gasteiger partial charge in [0, 0.05) is 38.0 Å². The number of hydrogen-bond acceptors (Lipinski definition) is 4. The Balaban J connectivity index is 0.00000176. The summed E-state index contributed by atoms with van der Waals surface area (Å²) in [6, 6.07) is 0.679. The Hall–Kier alpha value is 0.270. The van der Waals surface area contributed by atoms with Crippen molar-refractivity contribution in [2.24, 2.45) is 4.99 Å². The van der Waals surface area contributed by atoms with Crippen molar-refractivity contribution in [1.29, 1.82) is 0 Å². The zero-order valence-corrected chi connectivity index (χ0v) is 16.6. The summed E-state index contributed by atoms with van der Waals surface area (Å²) < 4.78 is 5.97. The second-order valence-corrected chi connectivity index (χ2v) is 7.62. The largest absolute Gasteiger partial charge is 0.373 e. The van der Waals surface area contributed by atoms with Crippen molar-refractivity contribution < 1.29 is 4.74 Å². The van der Waals surface area contributed by atoms with Crippen molar-refractivity contribution >= 4 is 41.7 Å². The molecule has 0 aromatic carbocycles. The molecule has 3 unspecified atom stereocenters. The average molecular weight is 440 g/mol. The van der Waals surface area contributed by atoms with E-state index in [2.05, 4.69) is 32.3 Å². The second kappa shape index (κ2) is 9.54. The molecule has 3 fully saturated rings. The molecule has 2 N–H and O–H groups in total. The fourth-order valence-corrected chi connectivity index (χ4v) is 4.66. The lowest BCUT2D eigenvalue weighted by Gasteiger charge is -2.35. The number of hydrogen-bond donors (Lipinski definition) is 2. The third kappa shape index (κ3) is 5.14. The molecular formula is C15H29IN4OS. The first-order valence-electron chi connectivity index (χ1n) is 8.27. The number of thioether (sulfide) groups is 1. The minimum atomic E-state index is 0. The summed E-state index contributed by atoms with van der Waals surface area (Å²) in [7, 11) is 1.84. The quantitative estimate of drug-likeness (QED) is 0.395. The van der Waals surface area contributed by atoms with E-state index in [-0.39, 0.29) is 24.0 Å². The van der Waals surface area contributed by atoms with Gasteiger partial charge < -0.3 is 15.4 Å². The number of rotatable bonds is 4. The molecule has 5 nitrogen and oxygen atoms in total. The van der Waals surface area contributed by atoms with Crippen molar-refractivity contribution in [2.75, 3.05) is 45.6 Å². The maximum Gasteiger partial charge on any atom is 0.191 e. The van der Waals surface area contributed by atoms with Gasteiger partial charge in [-0.3, -0.25) is 9.89 Å². The molecule has 0 saturated carbocycles. The highest BCUT2D eigenvalue weighted by Crippen LogP contribution is 2.25. The Kier molecular flexibility index (Phi) is 8.07. The first-order valence-corrected chi connectivity index (χ1v) is 9.32. The monoisotopic (exact) mass is 440 g/mol. The fourth-order valence-electron chi connectivity index (χ4n) is 3.46. The predicted molar refractivity (Wildman–Crippen MR) is 105 cm³/mol. The van der Waals surface area contributed by atoms with Crippen molar-refractivity contribution in [3.8, 4) is 0 Å². The molecule has 0 amide bonds. The summed E-state index contributed by atoms with van der Waals surface area (Å²) >= 11 is 2.07. The third-order valence-corrected chi connectivity index (χ3v) is 6.10. The van der Waals surface area contributed by atoms with Crippen LogP contribution in [-0.4, -0.2) is 73.8 Å². The first-order chi connectivity index (χ1) is 10.3. The Morgan fingerprint density at radius 3 is 2.91 bits per heavy atom. The molecule has 3 rings (SSSR count). The molecule has 0 spiro atoms. The van der Waals surface area contributed by atoms with Crippen molar-refractivity contribution in [3.63, 3.8) is 0 Å². The van der Waals surface area contributed by atoms with E-state index in [1.54, 1.807) is 0 Å². The van der Waals surface area contributed by atoms with Gasteiger partial charge in [0.2, 0.25) is 0 Å². The molecule has 3 aliphatic rings. The summed E-state index contributed by atoms with van der Waals surface area (Å²) in [5, 5.41) is 7.62. The summed E-state index contributed by atoms with van der Waals surface area (Å²) in [5.74, 6) is 2.22. The van der Waals surface area contributed by atoms with Crippen LogP contribution in [0.5, 0.6) is 0 Å². The van der Waals surface area contributed by atoms with Crippen LogP contribution in [0.4, 0.5) is 0 Å². The molecule has 0 aromatic rings. The van der Waals surface area contributed by atoms with Gasteiger partial charge in [0.05, 0.1) is 12.7 Å². The molecule has 0 bridgehead atoms. The Morgan fingerprint density at radius 1 is 1.27 bits per heavy atom. The van der Waals surface area contributed by atoms with Crippen LogP contribution in [0.1, 0.15) is 25.7 Å². The zero-order chi connectivity index (χ0) is 14.5. The number of guanidine groups is 1. The summed E-state index contributed by atoms with van der Waals surface area (Å²) in [6.45, 7) is 5.07. The van der Waals surface area contributed by atoms with Gasteiger partial charge in [-0.15, -0.1) is 24.0 Å². The van der Waals surface area contributed by atoms with Gasteiger partial charge in [0.15, 0.2) is 5.96 Å². The van der Waals surface area contributed by atoms with E-state index >= 15 is 0 Å². The molecule has 0 radical (unpaired) electrons. The third-order valence-electron chi connectivity index (χ3n) is 4.70. The predicted octanol–water partition coefficient (Wildman–Crippen LogP) is 1.53. The SMILES string of the molecule is CN=C(NCC1CN2CCCC2CO1)NCC1CCCS1.I. The van der Waals surface area contributed by atoms with Crippen molar-refractivity contribution in [1.82, 2.24) is 15.5 Å². The van der Waals surface area contributed by atoms with Gasteiger partial charge in [-0.1, -0.05) is 0 Å². The molecule has 128 valence electrons. The Labute approximate surface area is 155 Å². The van der Waals surface area contributed by atoms with Crippen LogP contribution in [0.15, 0.2) is 4.99 Å². The first kappa shape index (κ1) is 18.6. The summed E-state index contributed by atoms with van der Waals surface area (Å²) in [5.41, 5.74) is 0. The topological polar surface area (TPSA) is 48.9 Å². The van der Waals surface area contributed by atoms with Gasteiger partial charge in [0.25, 0.3) is 0 Å². The number of ether oxygens (including phenoxy) is 1. The minimum absolute atomic E-state index is 0. The molecule has 3 aliphatic heterocycles. The summed E-state index contributed by atoms with van der Waals surface area (Å²) in [6.07, 6.45) is 5.62. The normalized spacial score (nSPS) is 32.4. The number of morpholine rings is 1. The standard InChI is InChI=1S/C15H28N4OS.HI/c1-16-15(18-9-14-5-3-7-21-14)17-8-13-10-19-6-2-4-12(19)11-20-13;/h12-14H,2-11H2,1H3,(H2,16,17,18);1H. The van der Waals surface area contributed by atoms with Crippen LogP contribution in [0.3, 0.4) is 0 Å². The number of nitrogens with one attached hydrogen (secondary N) is 2. The van der Waals surface area contributed by atoms with Crippen LogP contribution in [0.2, 0.25) is 0 Å². The fraction of sp³-hybridized carbons (Fsp3) is 0.933. The van der Waals surface area contributed by atoms with Gasteiger partial charge in [0.1, 0.15) is 0 Å². The molecule has 7 heteroatoms. The van der Waals surface area contributed by atoms with Crippen molar-refractivity contribution in [3.05, 3.63) is 0 Å². The van der Waals surface area contributed by atoms with Gasteiger partial charge >= 0.3 is 0 Å². The lowest BCUT2D eigenvalue weighted by molar-refractivity contribution is -0.0453. The summed E-state index contributed by atoms with van der Waals surface area (Å²) in [4.78, 5) is 6.90. The van der Waals surface area contributed by atoms with Crippen LogP contribution in [0.25, 0.3) is 0 Å². The maximum absolute atomic E-state index is 5.97. The van der Waals surface area contributed by atoms with Gasteiger partial charge in [-0.25, -0.2) is 0 Å². The highest BCUT2D eigenvalue weighted by Gasteiger charge is 2.32. The number of nitrogens with zero attached hydrogens (tertiary/aromatic N) is 2. The average Bonchev–Trinajstić information content (AvgIpc) is 3.18. The highest BCUT2D eigenvalue weighted by atomic mass is 127. The van der Waals surface area contributed by atoms with E-state index in [9.17, 15) is 0 Å². The second-order valence-electron chi connectivity index (χ2n) is 6.22. The van der Waals surface area contributed by atoms with Crippen LogP contribution >= 0.6 is 35.7 Å². The van der Waals surface area contributed by atoms with E-state index in [0.29, 0.717) is 12.1 Å². The van der Waals surface area contributed by atoms with E-state index in [4.69, 9.17) is 4.74 Å². The van der Waals surface area contributed by atoms with Crippen LogP contribution < -0.4 is 10.6 Å². The lowest BCUT2D eigenvalue weighted by Crippen LogP contribution is -2.51. The zero-order valence-electron chi connectivity index (χ0n) is 13.4. The van der Waals surface area contributed by atoms with Gasteiger partial charge in [-0.2, -0.15) is 11.8 Å². The highest BCUT2D eigenvalue weighted by molar-refractivity contribution is 14.0. The van der Waals surface area contributed by atoms with E-state index in [1.807, 2.05) is 7.05 Å². The Morgan fingerprint density at radius 2 is 2.14 bits per heavy atom.